The van der Waals surface area contributed by atoms with Crippen molar-refractivity contribution in [2.45, 2.75) is 46.3 Å². The molecule has 152 valence electrons. The monoisotopic (exact) mass is 413 g/mol. The number of amides is 1. The van der Waals surface area contributed by atoms with Gasteiger partial charge in [0.1, 0.15) is 5.75 Å². The number of nitrogens with one attached hydrogen (secondary N) is 1. The van der Waals surface area contributed by atoms with Gasteiger partial charge in [0.05, 0.1) is 11.6 Å². The summed E-state index contributed by atoms with van der Waals surface area (Å²) in [6.45, 7) is 8.00. The molecule has 0 aliphatic carbocycles. The van der Waals surface area contributed by atoms with E-state index >= 15 is 0 Å². The third kappa shape index (κ3) is 5.15. The second-order valence-electron chi connectivity index (χ2n) is 7.17. The van der Waals surface area contributed by atoms with E-state index in [-0.39, 0.29) is 12.5 Å². The van der Waals surface area contributed by atoms with Crippen molar-refractivity contribution in [3.8, 4) is 17.1 Å². The molecule has 0 radical (unpaired) electrons. The largest absolute Gasteiger partial charge is 0.481 e. The van der Waals surface area contributed by atoms with Gasteiger partial charge in [-0.2, -0.15) is 4.98 Å². The van der Waals surface area contributed by atoms with Gasteiger partial charge in [-0.1, -0.05) is 54.9 Å². The first-order valence-corrected chi connectivity index (χ1v) is 9.85. The van der Waals surface area contributed by atoms with Crippen LogP contribution in [-0.2, 0) is 11.3 Å². The quantitative estimate of drug-likeness (QED) is 0.595. The molecule has 3 rings (SSSR count). The van der Waals surface area contributed by atoms with Crippen LogP contribution in [0.15, 0.2) is 47.0 Å². The normalized spacial score (nSPS) is 12.1. The number of halogens is 1. The number of hydrogen-bond acceptors (Lipinski definition) is 5. The van der Waals surface area contributed by atoms with Crippen LogP contribution in [0, 0.1) is 6.92 Å². The molecule has 6 nitrogen and oxygen atoms in total. The number of aromatic nitrogens is 2. The van der Waals surface area contributed by atoms with E-state index in [4.69, 9.17) is 20.9 Å². The summed E-state index contributed by atoms with van der Waals surface area (Å²) in [6, 6.07) is 13.3. The summed E-state index contributed by atoms with van der Waals surface area (Å²) >= 11 is 6.15. The molecule has 0 unspecified atom stereocenters. The molecule has 0 aliphatic rings. The van der Waals surface area contributed by atoms with E-state index in [1.165, 1.54) is 0 Å². The van der Waals surface area contributed by atoms with Gasteiger partial charge in [-0.05, 0) is 49.1 Å². The topological polar surface area (TPSA) is 77.2 Å². The Morgan fingerprint density at radius 3 is 2.69 bits per heavy atom. The molecule has 1 heterocycles. The number of hydrogen-bond donors (Lipinski definition) is 1. The highest BCUT2D eigenvalue weighted by atomic mass is 35.5. The molecule has 0 saturated carbocycles. The van der Waals surface area contributed by atoms with Crippen LogP contribution in [0.25, 0.3) is 11.4 Å². The Morgan fingerprint density at radius 1 is 1.21 bits per heavy atom. The molecule has 1 atom stereocenters. The van der Waals surface area contributed by atoms with Gasteiger partial charge in [0, 0.05) is 5.56 Å². The maximum atomic E-state index is 12.5. The second kappa shape index (κ2) is 9.09. The second-order valence-corrected chi connectivity index (χ2v) is 7.57. The van der Waals surface area contributed by atoms with E-state index in [0.29, 0.717) is 28.2 Å². The molecule has 2 aromatic carbocycles. The first-order chi connectivity index (χ1) is 13.8. The Hall–Kier alpha value is -2.86. The molecule has 29 heavy (non-hydrogen) atoms. The van der Waals surface area contributed by atoms with Crippen LogP contribution in [0.4, 0.5) is 0 Å². The minimum atomic E-state index is -0.666. The Labute approximate surface area is 175 Å². The van der Waals surface area contributed by atoms with Crippen molar-refractivity contribution < 1.29 is 14.1 Å². The van der Waals surface area contributed by atoms with Crippen molar-refractivity contribution in [2.24, 2.45) is 0 Å². The molecular weight excluding hydrogens is 390 g/mol. The molecule has 3 aromatic rings. The Balaban J connectivity index is 1.62. The van der Waals surface area contributed by atoms with Gasteiger partial charge in [-0.3, -0.25) is 4.79 Å². The first kappa shape index (κ1) is 20.9. The first-order valence-electron chi connectivity index (χ1n) is 9.47. The lowest BCUT2D eigenvalue weighted by molar-refractivity contribution is -0.127. The zero-order chi connectivity index (χ0) is 21.0. The zero-order valence-corrected chi connectivity index (χ0v) is 17.7. The zero-order valence-electron chi connectivity index (χ0n) is 16.9. The van der Waals surface area contributed by atoms with Crippen molar-refractivity contribution >= 4 is 17.5 Å². The molecule has 7 heteroatoms. The molecule has 0 bridgehead atoms. The number of carbonyl (C=O) groups excluding carboxylic acids is 1. The number of carbonyl (C=O) groups is 1. The summed E-state index contributed by atoms with van der Waals surface area (Å²) in [7, 11) is 0. The van der Waals surface area contributed by atoms with E-state index in [9.17, 15) is 4.79 Å². The lowest BCUT2D eigenvalue weighted by atomic mass is 10.0. The Morgan fingerprint density at radius 2 is 1.97 bits per heavy atom. The van der Waals surface area contributed by atoms with Crippen LogP contribution >= 0.6 is 11.6 Å². The molecule has 0 fully saturated rings. The SMILES string of the molecule is Cc1ccc(C(C)C)c(O[C@@H](C)C(=O)NCc2nc(-c3ccccc3Cl)no2)c1. The number of aryl methyl sites for hydroxylation is 1. The van der Waals surface area contributed by atoms with E-state index in [1.807, 2.05) is 37.3 Å². The molecule has 0 aliphatic heterocycles. The van der Waals surface area contributed by atoms with Crippen molar-refractivity contribution in [1.29, 1.82) is 0 Å². The minimum Gasteiger partial charge on any atom is -0.481 e. The maximum Gasteiger partial charge on any atom is 0.261 e. The van der Waals surface area contributed by atoms with E-state index in [0.717, 1.165) is 16.9 Å². The van der Waals surface area contributed by atoms with Crippen molar-refractivity contribution in [2.75, 3.05) is 0 Å². The summed E-state index contributed by atoms with van der Waals surface area (Å²) in [4.78, 5) is 16.8. The van der Waals surface area contributed by atoms with Crippen LogP contribution in [0.2, 0.25) is 5.02 Å². The number of nitrogens with zero attached hydrogens (tertiary/aromatic N) is 2. The Bertz CT molecular complexity index is 1000. The average Bonchev–Trinajstić information content (AvgIpc) is 3.15. The van der Waals surface area contributed by atoms with Gasteiger partial charge in [-0.25, -0.2) is 0 Å². The van der Waals surface area contributed by atoms with Crippen LogP contribution in [0.1, 0.15) is 43.7 Å². The fourth-order valence-electron chi connectivity index (χ4n) is 2.85. The smallest absolute Gasteiger partial charge is 0.261 e. The molecule has 0 saturated heterocycles. The van der Waals surface area contributed by atoms with Gasteiger partial charge in [0.15, 0.2) is 6.10 Å². The lowest BCUT2D eigenvalue weighted by Gasteiger charge is -2.19. The van der Waals surface area contributed by atoms with Crippen LogP contribution in [0.3, 0.4) is 0 Å². The highest BCUT2D eigenvalue weighted by molar-refractivity contribution is 6.33. The fraction of sp³-hybridized carbons (Fsp3) is 0.318. The van der Waals surface area contributed by atoms with Gasteiger partial charge < -0.3 is 14.6 Å². The molecular formula is C22H24ClN3O3. The summed E-state index contributed by atoms with van der Waals surface area (Å²) in [5, 5.41) is 7.23. The van der Waals surface area contributed by atoms with Crippen molar-refractivity contribution in [3.05, 3.63) is 64.5 Å². The summed E-state index contributed by atoms with van der Waals surface area (Å²) in [5.74, 6) is 1.42. The van der Waals surface area contributed by atoms with Crippen molar-refractivity contribution in [1.82, 2.24) is 15.5 Å². The maximum absolute atomic E-state index is 12.5. The van der Waals surface area contributed by atoms with Gasteiger partial charge in [0.25, 0.3) is 5.91 Å². The van der Waals surface area contributed by atoms with Crippen LogP contribution < -0.4 is 10.1 Å². The van der Waals surface area contributed by atoms with Crippen LogP contribution in [0.5, 0.6) is 5.75 Å². The summed E-state index contributed by atoms with van der Waals surface area (Å²) in [6.07, 6.45) is -0.666. The number of ether oxygens (including phenoxy) is 1. The number of benzene rings is 2. The minimum absolute atomic E-state index is 0.106. The highest BCUT2D eigenvalue weighted by Gasteiger charge is 2.19. The number of rotatable bonds is 7. The third-order valence-electron chi connectivity index (χ3n) is 4.46. The van der Waals surface area contributed by atoms with Gasteiger partial charge in [0.2, 0.25) is 11.7 Å². The molecule has 1 aromatic heterocycles. The highest BCUT2D eigenvalue weighted by Crippen LogP contribution is 2.28. The van der Waals surface area contributed by atoms with Gasteiger partial charge >= 0.3 is 0 Å². The Kier molecular flexibility index (Phi) is 6.54. The lowest BCUT2D eigenvalue weighted by Crippen LogP contribution is -2.36. The third-order valence-corrected chi connectivity index (χ3v) is 4.79. The molecule has 0 spiro atoms. The van der Waals surface area contributed by atoms with E-state index < -0.39 is 6.10 Å². The fourth-order valence-corrected chi connectivity index (χ4v) is 3.07. The average molecular weight is 414 g/mol. The summed E-state index contributed by atoms with van der Waals surface area (Å²) in [5.41, 5.74) is 2.82. The molecule has 1 amide bonds. The predicted octanol–water partition coefficient (Wildman–Crippen LogP) is 4.91. The standard InChI is InChI=1S/C22H24ClN3O3/c1-13(2)16-10-9-14(3)11-19(16)28-15(4)22(27)24-12-20-25-21(26-29-20)17-7-5-6-8-18(17)23/h5-11,13,15H,12H2,1-4H3,(H,24,27)/t15-/m0/s1. The molecule has 1 N–H and O–H groups in total. The van der Waals surface area contributed by atoms with Crippen LogP contribution in [-0.4, -0.2) is 22.2 Å². The van der Waals surface area contributed by atoms with E-state index in [1.54, 1.807) is 19.1 Å². The van der Waals surface area contributed by atoms with E-state index in [2.05, 4.69) is 29.3 Å². The van der Waals surface area contributed by atoms with Crippen molar-refractivity contribution in [3.63, 3.8) is 0 Å². The summed E-state index contributed by atoms with van der Waals surface area (Å²) < 4.78 is 11.1. The van der Waals surface area contributed by atoms with Gasteiger partial charge in [-0.15, -0.1) is 0 Å². The predicted molar refractivity (Wildman–Crippen MR) is 112 cm³/mol.